The Balaban J connectivity index is 1.57. The lowest BCUT2D eigenvalue weighted by molar-refractivity contribution is 0.417. The molecule has 0 aliphatic carbocycles. The Hall–Kier alpha value is -3.51. The Morgan fingerprint density at radius 2 is 2.11 bits per heavy atom. The highest BCUT2D eigenvalue weighted by molar-refractivity contribution is 7.99. The van der Waals surface area contributed by atoms with Crippen molar-refractivity contribution in [1.29, 1.82) is 5.26 Å². The van der Waals surface area contributed by atoms with Gasteiger partial charge < -0.3 is 18.5 Å². The molecule has 3 heterocycles. The van der Waals surface area contributed by atoms with Gasteiger partial charge >= 0.3 is 0 Å². The molecule has 0 unspecified atom stereocenters. The van der Waals surface area contributed by atoms with Crippen LogP contribution in [0.15, 0.2) is 62.5 Å². The fourth-order valence-electron chi connectivity index (χ4n) is 2.58. The number of aliphatic hydroxyl groups is 1. The lowest BCUT2D eigenvalue weighted by Crippen LogP contribution is -2.00. The third kappa shape index (κ3) is 3.18. The minimum Gasteiger partial charge on any atom is -0.510 e. The number of rotatable bonds is 5. The molecule has 0 fully saturated rings. The molecule has 0 atom stereocenters. The molecule has 0 radical (unpaired) electrons. The second-order valence-corrected chi connectivity index (χ2v) is 6.48. The molecule has 0 saturated carbocycles. The van der Waals surface area contributed by atoms with Gasteiger partial charge in [0.25, 0.3) is 11.1 Å². The van der Waals surface area contributed by atoms with Gasteiger partial charge in [-0.15, -0.1) is 10.2 Å². The van der Waals surface area contributed by atoms with E-state index < -0.39 is 0 Å². The SMILES string of the molecule is Cn1c(/C(C#N)=C(\O)CSc2nnc(-c3ccco3)o2)nc2ccccc21. The molecule has 1 N–H and O–H groups in total. The highest BCUT2D eigenvalue weighted by atomic mass is 32.2. The number of aromatic nitrogens is 4. The number of para-hydroxylation sites is 2. The van der Waals surface area contributed by atoms with E-state index in [0.717, 1.165) is 22.8 Å². The molecule has 4 aromatic rings. The number of imidazole rings is 1. The van der Waals surface area contributed by atoms with Crippen LogP contribution in [0.4, 0.5) is 0 Å². The Kier molecular flexibility index (Phi) is 4.40. The van der Waals surface area contributed by atoms with Gasteiger partial charge in [0.05, 0.1) is 23.0 Å². The van der Waals surface area contributed by atoms with Crippen molar-refractivity contribution in [3.05, 3.63) is 54.2 Å². The maximum absolute atomic E-state index is 10.4. The lowest BCUT2D eigenvalue weighted by Gasteiger charge is -2.04. The maximum atomic E-state index is 10.4. The zero-order valence-corrected chi connectivity index (χ0v) is 15.0. The summed E-state index contributed by atoms with van der Waals surface area (Å²) in [7, 11) is 1.80. The molecular weight excluding hydrogens is 366 g/mol. The van der Waals surface area contributed by atoms with Gasteiger partial charge in [0.15, 0.2) is 11.6 Å². The summed E-state index contributed by atoms with van der Waals surface area (Å²) < 4.78 is 12.4. The van der Waals surface area contributed by atoms with Gasteiger partial charge in [-0.05, 0) is 24.3 Å². The molecule has 0 bridgehead atoms. The molecule has 134 valence electrons. The van der Waals surface area contributed by atoms with E-state index in [4.69, 9.17) is 8.83 Å². The van der Waals surface area contributed by atoms with Crippen molar-refractivity contribution in [2.24, 2.45) is 7.05 Å². The van der Waals surface area contributed by atoms with Crippen LogP contribution in [0.5, 0.6) is 0 Å². The van der Waals surface area contributed by atoms with Crippen LogP contribution < -0.4 is 0 Å². The van der Waals surface area contributed by atoms with Crippen LogP contribution in [0.3, 0.4) is 0 Å². The van der Waals surface area contributed by atoms with E-state index in [1.54, 1.807) is 23.7 Å². The van der Waals surface area contributed by atoms with E-state index in [0.29, 0.717) is 11.6 Å². The molecule has 0 aliphatic rings. The summed E-state index contributed by atoms with van der Waals surface area (Å²) >= 11 is 1.12. The van der Waals surface area contributed by atoms with Crippen LogP contribution in [0.1, 0.15) is 5.82 Å². The van der Waals surface area contributed by atoms with Crippen LogP contribution in [0.2, 0.25) is 0 Å². The number of hydrogen-bond donors (Lipinski definition) is 1. The Morgan fingerprint density at radius 3 is 2.85 bits per heavy atom. The molecule has 0 amide bonds. The minimum absolute atomic E-state index is 0.0892. The summed E-state index contributed by atoms with van der Waals surface area (Å²) in [5.41, 5.74) is 1.73. The van der Waals surface area contributed by atoms with Crippen molar-refractivity contribution in [3.63, 3.8) is 0 Å². The van der Waals surface area contributed by atoms with Crippen molar-refractivity contribution in [1.82, 2.24) is 19.7 Å². The first-order valence-electron chi connectivity index (χ1n) is 7.91. The van der Waals surface area contributed by atoms with E-state index >= 15 is 0 Å². The quantitative estimate of drug-likeness (QED) is 0.316. The van der Waals surface area contributed by atoms with Crippen LogP contribution in [0, 0.1) is 11.3 Å². The zero-order chi connectivity index (χ0) is 18.8. The fraction of sp³-hybridized carbons (Fsp3) is 0.111. The molecule has 9 heteroatoms. The summed E-state index contributed by atoms with van der Waals surface area (Å²) in [6.07, 6.45) is 1.51. The number of benzene rings is 1. The Morgan fingerprint density at radius 1 is 1.26 bits per heavy atom. The maximum Gasteiger partial charge on any atom is 0.284 e. The van der Waals surface area contributed by atoms with Crippen molar-refractivity contribution in [2.75, 3.05) is 5.75 Å². The summed E-state index contributed by atoms with van der Waals surface area (Å²) in [6.45, 7) is 0. The number of thioether (sulfide) groups is 1. The number of fused-ring (bicyclic) bond motifs is 1. The Bertz CT molecular complexity index is 1170. The van der Waals surface area contributed by atoms with Gasteiger partial charge in [-0.3, -0.25) is 0 Å². The average molecular weight is 379 g/mol. The minimum atomic E-state index is -0.112. The molecule has 27 heavy (non-hydrogen) atoms. The van der Waals surface area contributed by atoms with Gasteiger partial charge in [-0.1, -0.05) is 23.9 Å². The second-order valence-electron chi connectivity index (χ2n) is 5.56. The molecule has 1 aromatic carbocycles. The van der Waals surface area contributed by atoms with Gasteiger partial charge in [-0.25, -0.2) is 4.98 Å². The largest absolute Gasteiger partial charge is 0.510 e. The first-order chi connectivity index (χ1) is 13.2. The normalized spacial score (nSPS) is 12.1. The van der Waals surface area contributed by atoms with Crippen molar-refractivity contribution in [3.8, 4) is 17.7 Å². The predicted molar refractivity (Wildman–Crippen MR) is 98.6 cm³/mol. The molecule has 8 nitrogen and oxygen atoms in total. The monoisotopic (exact) mass is 379 g/mol. The van der Waals surface area contributed by atoms with Crippen molar-refractivity contribution >= 4 is 28.4 Å². The zero-order valence-electron chi connectivity index (χ0n) is 14.2. The molecule has 0 aliphatic heterocycles. The number of hydrogen-bond acceptors (Lipinski definition) is 8. The first-order valence-corrected chi connectivity index (χ1v) is 8.90. The third-order valence-corrected chi connectivity index (χ3v) is 4.71. The van der Waals surface area contributed by atoms with E-state index in [1.165, 1.54) is 6.26 Å². The number of aryl methyl sites for hydroxylation is 1. The highest BCUT2D eigenvalue weighted by Crippen LogP contribution is 2.27. The van der Waals surface area contributed by atoms with Gasteiger partial charge in [-0.2, -0.15) is 5.26 Å². The number of aliphatic hydroxyl groups excluding tert-OH is 1. The van der Waals surface area contributed by atoms with Gasteiger partial charge in [0.2, 0.25) is 0 Å². The number of nitriles is 1. The molecule has 0 saturated heterocycles. The molecule has 0 spiro atoms. The topological polar surface area (TPSA) is 114 Å². The standard InChI is InChI=1S/C18H13N5O3S/c1-23-13-6-3-2-5-12(13)20-16(23)11(9-19)14(24)10-27-18-22-21-17(26-18)15-7-4-8-25-15/h2-8,24H,10H2,1H3/b14-11-. The van der Waals surface area contributed by atoms with Crippen molar-refractivity contribution < 1.29 is 13.9 Å². The molecule has 4 rings (SSSR count). The third-order valence-electron chi connectivity index (χ3n) is 3.88. The van der Waals surface area contributed by atoms with E-state index in [1.807, 2.05) is 30.3 Å². The van der Waals surface area contributed by atoms with E-state index in [9.17, 15) is 10.4 Å². The molecular formula is C18H13N5O3S. The summed E-state index contributed by atoms with van der Waals surface area (Å²) in [5.74, 6) is 1.09. The van der Waals surface area contributed by atoms with Crippen LogP contribution in [-0.4, -0.2) is 30.6 Å². The summed E-state index contributed by atoms with van der Waals surface area (Å²) in [4.78, 5) is 4.45. The van der Waals surface area contributed by atoms with Crippen LogP contribution >= 0.6 is 11.8 Å². The van der Waals surface area contributed by atoms with E-state index in [-0.39, 0.29) is 28.2 Å². The summed E-state index contributed by atoms with van der Waals surface area (Å²) in [6, 6.07) is 13.0. The van der Waals surface area contributed by atoms with Crippen molar-refractivity contribution in [2.45, 2.75) is 5.22 Å². The highest BCUT2D eigenvalue weighted by Gasteiger charge is 2.18. The number of allylic oxidation sites excluding steroid dienone is 1. The smallest absolute Gasteiger partial charge is 0.284 e. The molecule has 3 aromatic heterocycles. The van der Waals surface area contributed by atoms with Crippen LogP contribution in [-0.2, 0) is 7.05 Å². The lowest BCUT2D eigenvalue weighted by atomic mass is 10.2. The number of furan rings is 1. The first kappa shape index (κ1) is 16.9. The van der Waals surface area contributed by atoms with E-state index in [2.05, 4.69) is 15.2 Å². The Labute approximate surface area is 157 Å². The predicted octanol–water partition coefficient (Wildman–Crippen LogP) is 3.80. The van der Waals surface area contributed by atoms with Gasteiger partial charge in [0, 0.05) is 7.05 Å². The fourth-order valence-corrected chi connectivity index (χ4v) is 3.22. The van der Waals surface area contributed by atoms with Crippen LogP contribution in [0.25, 0.3) is 28.3 Å². The summed E-state index contributed by atoms with van der Waals surface area (Å²) in [5, 5.41) is 28.0. The number of nitrogens with zero attached hydrogens (tertiary/aromatic N) is 5. The second kappa shape index (κ2) is 7.01. The van der Waals surface area contributed by atoms with Gasteiger partial charge in [0.1, 0.15) is 17.4 Å². The average Bonchev–Trinajstić information content (AvgIpc) is 3.42.